The van der Waals surface area contributed by atoms with E-state index < -0.39 is 0 Å². The number of piperidine rings is 1. The summed E-state index contributed by atoms with van der Waals surface area (Å²) in [7, 11) is 1.84. The highest BCUT2D eigenvalue weighted by Crippen LogP contribution is 2.19. The minimum absolute atomic E-state index is 0.853. The molecule has 0 bridgehead atoms. The van der Waals surface area contributed by atoms with Crippen molar-refractivity contribution in [2.45, 2.75) is 32.7 Å². The smallest absolute Gasteiger partial charge is 0.191 e. The summed E-state index contributed by atoms with van der Waals surface area (Å²) in [5, 5.41) is 8.91. The number of aliphatic imine (C=N–C) groups is 1. The Morgan fingerprint density at radius 2 is 2.19 bits per heavy atom. The Morgan fingerprint density at radius 1 is 1.38 bits per heavy atom. The molecule has 2 N–H and O–H groups in total. The Bertz CT molecular complexity index is 408. The zero-order chi connectivity index (χ0) is 14.9. The van der Waals surface area contributed by atoms with Crippen LogP contribution in [0, 0.1) is 5.92 Å². The first kappa shape index (κ1) is 16.3. The lowest BCUT2D eigenvalue weighted by molar-refractivity contribution is 0.187. The van der Waals surface area contributed by atoms with E-state index in [-0.39, 0.29) is 0 Å². The van der Waals surface area contributed by atoms with Crippen LogP contribution in [0.4, 0.5) is 0 Å². The molecule has 0 aromatic carbocycles. The van der Waals surface area contributed by atoms with E-state index >= 15 is 0 Å². The number of guanidine groups is 1. The third-order valence-electron chi connectivity index (χ3n) is 4.23. The van der Waals surface area contributed by atoms with Crippen LogP contribution in [0.3, 0.4) is 0 Å². The van der Waals surface area contributed by atoms with Gasteiger partial charge in [-0.25, -0.2) is 0 Å². The minimum Gasteiger partial charge on any atom is -0.356 e. The van der Waals surface area contributed by atoms with Gasteiger partial charge in [-0.2, -0.15) is 0 Å². The predicted octanol–water partition coefficient (Wildman–Crippen LogP) is 2.54. The average molecular weight is 308 g/mol. The summed E-state index contributed by atoms with van der Waals surface area (Å²) >= 11 is 1.77. The number of thiophene rings is 1. The molecule has 1 aliphatic rings. The Kier molecular flexibility index (Phi) is 7.03. The summed E-state index contributed by atoms with van der Waals surface area (Å²) in [6.45, 7) is 7.86. The summed E-state index contributed by atoms with van der Waals surface area (Å²) in [6, 6.07) is 4.23. The molecule has 1 aromatic heterocycles. The van der Waals surface area contributed by atoms with Crippen LogP contribution < -0.4 is 10.6 Å². The normalized spacial score (nSPS) is 17.9. The molecule has 0 unspecified atom stereocenters. The molecule has 118 valence electrons. The number of hydrogen-bond acceptors (Lipinski definition) is 3. The van der Waals surface area contributed by atoms with Crippen molar-refractivity contribution < 1.29 is 0 Å². The number of hydrogen-bond donors (Lipinski definition) is 2. The summed E-state index contributed by atoms with van der Waals surface area (Å²) in [4.78, 5) is 8.17. The van der Waals surface area contributed by atoms with Gasteiger partial charge < -0.3 is 15.5 Å². The van der Waals surface area contributed by atoms with Gasteiger partial charge >= 0.3 is 0 Å². The van der Waals surface area contributed by atoms with Crippen molar-refractivity contribution in [2.75, 3.05) is 33.2 Å². The first-order valence-corrected chi connectivity index (χ1v) is 8.89. The standard InChI is InChI=1S/C16H28N4S/c1-3-20-10-7-14(8-11-20)6-9-18-16(17-2)19-13-15-5-4-12-21-15/h4-5,12,14H,3,6-11,13H2,1-2H3,(H2,17,18,19). The van der Waals surface area contributed by atoms with Crippen molar-refractivity contribution in [1.82, 2.24) is 15.5 Å². The van der Waals surface area contributed by atoms with Gasteiger partial charge in [0.2, 0.25) is 0 Å². The van der Waals surface area contributed by atoms with Gasteiger partial charge in [-0.05, 0) is 56.3 Å². The molecule has 0 amide bonds. The highest BCUT2D eigenvalue weighted by Gasteiger charge is 2.17. The zero-order valence-corrected chi connectivity index (χ0v) is 14.1. The van der Waals surface area contributed by atoms with Crippen LogP contribution >= 0.6 is 11.3 Å². The van der Waals surface area contributed by atoms with E-state index in [9.17, 15) is 0 Å². The fourth-order valence-electron chi connectivity index (χ4n) is 2.79. The summed E-state index contributed by atoms with van der Waals surface area (Å²) in [6.07, 6.45) is 3.94. The lowest BCUT2D eigenvalue weighted by Gasteiger charge is -2.31. The molecule has 4 nitrogen and oxygen atoms in total. The molecule has 21 heavy (non-hydrogen) atoms. The second-order valence-electron chi connectivity index (χ2n) is 5.60. The Labute approximate surface area is 132 Å². The maximum absolute atomic E-state index is 4.29. The van der Waals surface area contributed by atoms with Gasteiger partial charge in [0.05, 0.1) is 6.54 Å². The van der Waals surface area contributed by atoms with Gasteiger partial charge in [-0.15, -0.1) is 11.3 Å². The Morgan fingerprint density at radius 3 is 2.81 bits per heavy atom. The van der Waals surface area contributed by atoms with Crippen molar-refractivity contribution >= 4 is 17.3 Å². The van der Waals surface area contributed by atoms with E-state index in [1.807, 2.05) is 7.05 Å². The van der Waals surface area contributed by atoms with E-state index in [4.69, 9.17) is 0 Å². The van der Waals surface area contributed by atoms with E-state index in [1.165, 1.54) is 43.8 Å². The fourth-order valence-corrected chi connectivity index (χ4v) is 3.44. The molecule has 0 spiro atoms. The summed E-state index contributed by atoms with van der Waals surface area (Å²) < 4.78 is 0. The molecule has 0 atom stereocenters. The van der Waals surface area contributed by atoms with Crippen LogP contribution in [0.2, 0.25) is 0 Å². The van der Waals surface area contributed by atoms with Crippen LogP contribution in [0.15, 0.2) is 22.5 Å². The van der Waals surface area contributed by atoms with Crippen molar-refractivity contribution in [1.29, 1.82) is 0 Å². The second kappa shape index (κ2) is 9.05. The van der Waals surface area contributed by atoms with Crippen molar-refractivity contribution in [3.63, 3.8) is 0 Å². The Hall–Kier alpha value is -1.07. The van der Waals surface area contributed by atoms with Crippen LogP contribution in [0.5, 0.6) is 0 Å². The van der Waals surface area contributed by atoms with E-state index in [2.05, 4.69) is 45.0 Å². The second-order valence-corrected chi connectivity index (χ2v) is 6.63. The maximum atomic E-state index is 4.29. The third kappa shape index (κ3) is 5.67. The van der Waals surface area contributed by atoms with Gasteiger partial charge in [0.15, 0.2) is 5.96 Å². The first-order chi connectivity index (χ1) is 10.3. The average Bonchev–Trinajstić information content (AvgIpc) is 3.04. The molecule has 2 rings (SSSR count). The molecule has 1 saturated heterocycles. The number of rotatable bonds is 6. The SMILES string of the molecule is CCN1CCC(CCNC(=NC)NCc2cccs2)CC1. The lowest BCUT2D eigenvalue weighted by atomic mass is 9.93. The maximum Gasteiger partial charge on any atom is 0.191 e. The third-order valence-corrected chi connectivity index (χ3v) is 5.11. The molecule has 0 aliphatic carbocycles. The van der Waals surface area contributed by atoms with Crippen LogP contribution in [-0.4, -0.2) is 44.1 Å². The van der Waals surface area contributed by atoms with Gasteiger partial charge in [0.1, 0.15) is 0 Å². The largest absolute Gasteiger partial charge is 0.356 e. The molecular weight excluding hydrogens is 280 g/mol. The molecule has 5 heteroatoms. The van der Waals surface area contributed by atoms with Crippen molar-refractivity contribution in [3.05, 3.63) is 22.4 Å². The quantitative estimate of drug-likeness (QED) is 0.627. The number of nitrogens with one attached hydrogen (secondary N) is 2. The molecular formula is C16H28N4S. The molecule has 2 heterocycles. The van der Waals surface area contributed by atoms with Gasteiger partial charge in [0.25, 0.3) is 0 Å². The molecule has 0 radical (unpaired) electrons. The molecule has 0 saturated carbocycles. The monoisotopic (exact) mass is 308 g/mol. The van der Waals surface area contributed by atoms with E-state index in [1.54, 1.807) is 11.3 Å². The van der Waals surface area contributed by atoms with Crippen LogP contribution in [-0.2, 0) is 6.54 Å². The van der Waals surface area contributed by atoms with Crippen molar-refractivity contribution in [3.8, 4) is 0 Å². The zero-order valence-electron chi connectivity index (χ0n) is 13.3. The summed E-state index contributed by atoms with van der Waals surface area (Å²) in [5.41, 5.74) is 0. The lowest BCUT2D eigenvalue weighted by Crippen LogP contribution is -2.39. The van der Waals surface area contributed by atoms with Crippen LogP contribution in [0.25, 0.3) is 0 Å². The molecule has 1 aliphatic heterocycles. The predicted molar refractivity (Wildman–Crippen MR) is 92.0 cm³/mol. The van der Waals surface area contributed by atoms with Gasteiger partial charge in [-0.1, -0.05) is 13.0 Å². The topological polar surface area (TPSA) is 39.7 Å². The first-order valence-electron chi connectivity index (χ1n) is 8.01. The van der Waals surface area contributed by atoms with Gasteiger partial charge in [-0.3, -0.25) is 4.99 Å². The number of likely N-dealkylation sites (tertiary alicyclic amines) is 1. The van der Waals surface area contributed by atoms with Crippen LogP contribution in [0.1, 0.15) is 31.1 Å². The fraction of sp³-hybridized carbons (Fsp3) is 0.688. The van der Waals surface area contributed by atoms with E-state index in [0.29, 0.717) is 0 Å². The Balaban J connectivity index is 1.60. The highest BCUT2D eigenvalue weighted by atomic mass is 32.1. The highest BCUT2D eigenvalue weighted by molar-refractivity contribution is 7.09. The molecule has 1 aromatic rings. The van der Waals surface area contributed by atoms with Gasteiger partial charge in [0, 0.05) is 18.5 Å². The minimum atomic E-state index is 0.853. The van der Waals surface area contributed by atoms with Crippen molar-refractivity contribution in [2.24, 2.45) is 10.9 Å². The summed E-state index contributed by atoms with van der Waals surface area (Å²) in [5.74, 6) is 1.78. The number of nitrogens with zero attached hydrogens (tertiary/aromatic N) is 2. The molecule has 1 fully saturated rings. The van der Waals surface area contributed by atoms with E-state index in [0.717, 1.165) is 25.0 Å².